The van der Waals surface area contributed by atoms with Gasteiger partial charge in [-0.2, -0.15) is 0 Å². The number of halogens is 1. The number of aliphatic carboxylic acids is 1. The van der Waals surface area contributed by atoms with Crippen molar-refractivity contribution in [2.75, 3.05) is 18.1 Å². The van der Waals surface area contributed by atoms with Gasteiger partial charge in [-0.3, -0.25) is 9.59 Å². The molecule has 1 aromatic heterocycles. The van der Waals surface area contributed by atoms with Crippen LogP contribution in [0.2, 0.25) is 0 Å². The molecule has 5 nitrogen and oxygen atoms in total. The zero-order valence-electron chi connectivity index (χ0n) is 8.23. The Kier molecular flexibility index (Phi) is 5.41. The molecule has 0 atom stereocenters. The predicted octanol–water partition coefficient (Wildman–Crippen LogP) is 1.59. The van der Waals surface area contributed by atoms with E-state index in [0.29, 0.717) is 16.8 Å². The van der Waals surface area contributed by atoms with Gasteiger partial charge >= 0.3 is 5.97 Å². The van der Waals surface area contributed by atoms with Crippen molar-refractivity contribution < 1.29 is 19.1 Å². The third-order valence-corrected chi connectivity index (χ3v) is 3.15. The Morgan fingerprint density at radius 3 is 2.88 bits per heavy atom. The molecule has 1 heterocycles. The number of hydrogen-bond acceptors (Lipinski definition) is 4. The number of thioether (sulfide) groups is 1. The van der Waals surface area contributed by atoms with E-state index in [9.17, 15) is 9.59 Å². The highest BCUT2D eigenvalue weighted by molar-refractivity contribution is 9.10. The zero-order chi connectivity index (χ0) is 12.0. The normalized spacial score (nSPS) is 10.1. The minimum Gasteiger partial charge on any atom is -0.481 e. The Labute approximate surface area is 105 Å². The van der Waals surface area contributed by atoms with Gasteiger partial charge in [0.25, 0.3) is 5.91 Å². The minimum absolute atomic E-state index is 0.0420. The monoisotopic (exact) mass is 307 g/mol. The Hall–Kier alpha value is -0.950. The van der Waals surface area contributed by atoms with Gasteiger partial charge in [-0.15, -0.1) is 11.8 Å². The van der Waals surface area contributed by atoms with Crippen LogP contribution in [0, 0.1) is 0 Å². The summed E-state index contributed by atoms with van der Waals surface area (Å²) in [5.41, 5.74) is 0. The summed E-state index contributed by atoms with van der Waals surface area (Å²) in [5.74, 6) is -0.349. The number of carbonyl (C=O) groups is 2. The largest absolute Gasteiger partial charge is 0.481 e. The summed E-state index contributed by atoms with van der Waals surface area (Å²) in [6, 6.07) is 1.63. The van der Waals surface area contributed by atoms with Crippen LogP contribution in [-0.2, 0) is 4.79 Å². The van der Waals surface area contributed by atoms with Crippen LogP contribution in [0.25, 0.3) is 0 Å². The summed E-state index contributed by atoms with van der Waals surface area (Å²) in [6.45, 7) is 0.407. The quantitative estimate of drug-likeness (QED) is 0.780. The van der Waals surface area contributed by atoms with Crippen molar-refractivity contribution in [1.29, 1.82) is 0 Å². The Morgan fingerprint density at radius 2 is 2.31 bits per heavy atom. The average Bonchev–Trinajstić information content (AvgIpc) is 2.63. The van der Waals surface area contributed by atoms with E-state index in [-0.39, 0.29) is 17.4 Å². The van der Waals surface area contributed by atoms with Crippen molar-refractivity contribution in [2.45, 2.75) is 0 Å². The molecule has 0 radical (unpaired) electrons. The molecule has 7 heteroatoms. The lowest BCUT2D eigenvalue weighted by Gasteiger charge is -2.02. The second-order valence-corrected chi connectivity index (χ2v) is 4.76. The molecule has 0 spiro atoms. The van der Waals surface area contributed by atoms with E-state index >= 15 is 0 Å². The number of carboxylic acid groups (broad SMARTS) is 1. The topological polar surface area (TPSA) is 79.5 Å². The van der Waals surface area contributed by atoms with Crippen LogP contribution in [0.3, 0.4) is 0 Å². The van der Waals surface area contributed by atoms with E-state index < -0.39 is 5.97 Å². The van der Waals surface area contributed by atoms with Crippen LogP contribution in [0.15, 0.2) is 21.2 Å². The van der Waals surface area contributed by atoms with Gasteiger partial charge in [-0.05, 0) is 22.0 Å². The molecule has 0 bridgehead atoms. The van der Waals surface area contributed by atoms with E-state index in [1.165, 1.54) is 18.0 Å². The number of furan rings is 1. The SMILES string of the molecule is O=C(O)CSCCNC(=O)c1occc1Br. The summed E-state index contributed by atoms with van der Waals surface area (Å²) >= 11 is 4.42. The molecule has 0 aromatic carbocycles. The molecule has 0 aliphatic heterocycles. The molecule has 1 aromatic rings. The standard InChI is InChI=1S/C9H10BrNO4S/c10-6-1-3-15-8(6)9(14)11-2-4-16-5-7(12)13/h1,3H,2,4-5H2,(H,11,14)(H,12,13). The molecule has 0 aliphatic rings. The fourth-order valence-corrected chi connectivity index (χ4v) is 1.88. The van der Waals surface area contributed by atoms with Gasteiger partial charge in [0.2, 0.25) is 5.76 Å². The highest BCUT2D eigenvalue weighted by Crippen LogP contribution is 2.16. The first-order chi connectivity index (χ1) is 7.61. The maximum absolute atomic E-state index is 11.5. The van der Waals surface area contributed by atoms with Crippen molar-refractivity contribution in [3.8, 4) is 0 Å². The second-order valence-electron chi connectivity index (χ2n) is 2.80. The molecule has 0 aliphatic carbocycles. The third kappa shape index (κ3) is 4.28. The maximum atomic E-state index is 11.5. The van der Waals surface area contributed by atoms with Crippen molar-refractivity contribution in [2.24, 2.45) is 0 Å². The summed E-state index contributed by atoms with van der Waals surface area (Å²) in [6.07, 6.45) is 1.41. The van der Waals surface area contributed by atoms with E-state index in [1.807, 2.05) is 0 Å². The minimum atomic E-state index is -0.856. The summed E-state index contributed by atoms with van der Waals surface area (Å²) in [7, 11) is 0. The lowest BCUT2D eigenvalue weighted by Crippen LogP contribution is -2.25. The van der Waals surface area contributed by atoms with Gasteiger partial charge in [0.1, 0.15) is 0 Å². The smallest absolute Gasteiger partial charge is 0.313 e. The van der Waals surface area contributed by atoms with E-state index in [0.717, 1.165) is 0 Å². The number of rotatable bonds is 6. The summed E-state index contributed by atoms with van der Waals surface area (Å²) < 4.78 is 5.56. The van der Waals surface area contributed by atoms with Gasteiger partial charge < -0.3 is 14.8 Å². The van der Waals surface area contributed by atoms with Crippen LogP contribution in [0.4, 0.5) is 0 Å². The lowest BCUT2D eigenvalue weighted by molar-refractivity contribution is -0.133. The van der Waals surface area contributed by atoms with Crippen LogP contribution < -0.4 is 5.32 Å². The van der Waals surface area contributed by atoms with E-state index in [2.05, 4.69) is 21.2 Å². The van der Waals surface area contributed by atoms with Crippen LogP contribution in [0.1, 0.15) is 10.6 Å². The first-order valence-corrected chi connectivity index (χ1v) is 6.36. The number of nitrogens with one attached hydrogen (secondary N) is 1. The number of carbonyl (C=O) groups excluding carboxylic acids is 1. The zero-order valence-corrected chi connectivity index (χ0v) is 10.6. The van der Waals surface area contributed by atoms with E-state index in [4.69, 9.17) is 9.52 Å². The van der Waals surface area contributed by atoms with Crippen molar-refractivity contribution in [1.82, 2.24) is 5.32 Å². The molecular formula is C9H10BrNO4S. The number of hydrogen-bond donors (Lipinski definition) is 2. The van der Waals surface area contributed by atoms with Crippen LogP contribution in [-0.4, -0.2) is 35.0 Å². The Bertz CT molecular complexity index is 379. The van der Waals surface area contributed by atoms with Gasteiger partial charge in [0, 0.05) is 12.3 Å². The molecule has 0 saturated carbocycles. The molecule has 1 rings (SSSR count). The van der Waals surface area contributed by atoms with Gasteiger partial charge in [-0.25, -0.2) is 0 Å². The van der Waals surface area contributed by atoms with Gasteiger partial charge in [0.15, 0.2) is 0 Å². The maximum Gasteiger partial charge on any atom is 0.313 e. The van der Waals surface area contributed by atoms with Gasteiger partial charge in [0.05, 0.1) is 16.5 Å². The summed E-state index contributed by atoms with van der Waals surface area (Å²) in [4.78, 5) is 21.7. The Morgan fingerprint density at radius 1 is 1.56 bits per heavy atom. The molecular weight excluding hydrogens is 298 g/mol. The van der Waals surface area contributed by atoms with E-state index in [1.54, 1.807) is 6.07 Å². The molecule has 1 amide bonds. The molecule has 2 N–H and O–H groups in total. The van der Waals surface area contributed by atoms with Crippen molar-refractivity contribution >= 4 is 39.6 Å². The predicted molar refractivity (Wildman–Crippen MR) is 63.7 cm³/mol. The first kappa shape index (κ1) is 13.1. The highest BCUT2D eigenvalue weighted by Gasteiger charge is 2.12. The molecule has 88 valence electrons. The van der Waals surface area contributed by atoms with Crippen molar-refractivity contribution in [3.05, 3.63) is 22.6 Å². The second kappa shape index (κ2) is 6.59. The lowest BCUT2D eigenvalue weighted by atomic mass is 10.4. The van der Waals surface area contributed by atoms with Gasteiger partial charge in [-0.1, -0.05) is 0 Å². The fraction of sp³-hybridized carbons (Fsp3) is 0.333. The fourth-order valence-electron chi connectivity index (χ4n) is 0.932. The van der Waals surface area contributed by atoms with Crippen LogP contribution >= 0.6 is 27.7 Å². The molecule has 0 saturated heterocycles. The molecule has 0 fully saturated rings. The Balaban J connectivity index is 2.21. The van der Waals surface area contributed by atoms with Crippen LogP contribution in [0.5, 0.6) is 0 Å². The third-order valence-electron chi connectivity index (χ3n) is 1.58. The summed E-state index contributed by atoms with van der Waals surface area (Å²) in [5, 5.41) is 11.0. The number of amides is 1. The highest BCUT2D eigenvalue weighted by atomic mass is 79.9. The average molecular weight is 308 g/mol. The number of carboxylic acids is 1. The first-order valence-electron chi connectivity index (χ1n) is 4.42. The van der Waals surface area contributed by atoms with Crippen molar-refractivity contribution in [3.63, 3.8) is 0 Å². The molecule has 0 unspecified atom stereocenters. The molecule has 16 heavy (non-hydrogen) atoms.